The molecule has 1 aliphatic heterocycles. The van der Waals surface area contributed by atoms with Crippen LogP contribution in [0.2, 0.25) is 0 Å². The summed E-state index contributed by atoms with van der Waals surface area (Å²) in [6.07, 6.45) is 5.06. The van der Waals surface area contributed by atoms with Crippen molar-refractivity contribution >= 4 is 16.8 Å². The Hall–Kier alpha value is -2.96. The van der Waals surface area contributed by atoms with Crippen molar-refractivity contribution in [3.8, 4) is 11.4 Å². The Kier molecular flexibility index (Phi) is 5.23. The van der Waals surface area contributed by atoms with Gasteiger partial charge < -0.3 is 14.4 Å². The summed E-state index contributed by atoms with van der Waals surface area (Å²) >= 11 is 0. The Morgan fingerprint density at radius 2 is 2.04 bits per heavy atom. The lowest BCUT2D eigenvalue weighted by Gasteiger charge is -2.26. The van der Waals surface area contributed by atoms with Crippen LogP contribution in [0.3, 0.4) is 0 Å². The molecule has 1 saturated heterocycles. The average Bonchev–Trinajstić information content (AvgIpc) is 3.17. The number of fused-ring (bicyclic) bond motifs is 1. The fraction of sp³-hybridized carbons (Fsp3) is 0.429. The molecule has 4 rings (SSSR count). The van der Waals surface area contributed by atoms with Gasteiger partial charge in [0.25, 0.3) is 5.56 Å². The van der Waals surface area contributed by atoms with E-state index in [4.69, 9.17) is 4.52 Å². The van der Waals surface area contributed by atoms with Gasteiger partial charge in [0.05, 0.1) is 5.56 Å². The van der Waals surface area contributed by atoms with Crippen LogP contribution >= 0.6 is 0 Å². The van der Waals surface area contributed by atoms with E-state index in [0.29, 0.717) is 30.7 Å². The lowest BCUT2D eigenvalue weighted by molar-refractivity contribution is -0.132. The highest BCUT2D eigenvalue weighted by molar-refractivity contribution is 5.82. The van der Waals surface area contributed by atoms with Crippen LogP contribution in [0.1, 0.15) is 43.6 Å². The van der Waals surface area contributed by atoms with Crippen molar-refractivity contribution < 1.29 is 9.32 Å². The number of hydrogen-bond acceptors (Lipinski definition) is 5. The fourth-order valence-electron chi connectivity index (χ4n) is 3.65. The molecule has 7 heteroatoms. The Bertz CT molecular complexity index is 1050. The Morgan fingerprint density at radius 3 is 2.86 bits per heavy atom. The van der Waals surface area contributed by atoms with Crippen LogP contribution in [0.5, 0.6) is 0 Å². The minimum Gasteiger partial charge on any atom is -0.343 e. The summed E-state index contributed by atoms with van der Waals surface area (Å²) in [5, 5.41) is 4.89. The maximum Gasteiger partial charge on any atom is 0.259 e. The maximum absolute atomic E-state index is 12.4. The highest BCUT2D eigenvalue weighted by Gasteiger charge is 2.17. The zero-order valence-corrected chi connectivity index (χ0v) is 16.0. The maximum atomic E-state index is 12.4. The number of carbonyl (C=O) groups excluding carboxylic acids is 1. The molecule has 0 unspecified atom stereocenters. The number of carbonyl (C=O) groups is 1. The first-order valence-electron chi connectivity index (χ1n) is 9.84. The molecule has 0 radical (unpaired) electrons. The van der Waals surface area contributed by atoms with Crippen molar-refractivity contribution in [2.45, 2.75) is 45.4 Å². The molecule has 0 bridgehead atoms. The van der Waals surface area contributed by atoms with E-state index in [9.17, 15) is 9.59 Å². The molecular weight excluding hydrogens is 356 g/mol. The van der Waals surface area contributed by atoms with Gasteiger partial charge in [0.1, 0.15) is 0 Å². The van der Waals surface area contributed by atoms with Gasteiger partial charge in [0.15, 0.2) is 0 Å². The number of likely N-dealkylation sites (tertiary alicyclic amines) is 1. The molecule has 3 aromatic rings. The van der Waals surface area contributed by atoms with Gasteiger partial charge in [-0.2, -0.15) is 4.98 Å². The first-order chi connectivity index (χ1) is 13.6. The van der Waals surface area contributed by atoms with Crippen molar-refractivity contribution in [2.24, 2.45) is 0 Å². The number of aromatic amines is 1. The van der Waals surface area contributed by atoms with Crippen molar-refractivity contribution in [3.63, 3.8) is 0 Å². The van der Waals surface area contributed by atoms with Crippen LogP contribution in [0, 0.1) is 6.92 Å². The van der Waals surface area contributed by atoms with Gasteiger partial charge in [-0.25, -0.2) is 0 Å². The number of aromatic nitrogens is 3. The Morgan fingerprint density at radius 1 is 1.21 bits per heavy atom. The largest absolute Gasteiger partial charge is 0.343 e. The first-order valence-corrected chi connectivity index (χ1v) is 9.84. The van der Waals surface area contributed by atoms with Crippen LogP contribution in [0.15, 0.2) is 33.6 Å². The third-order valence-electron chi connectivity index (χ3n) is 5.20. The standard InChI is InChI=1S/C21H24N4O3/c1-14-8-9-17-15(12-14)13-16(21(27)22-17)20-23-18(28-24-20)6-5-7-19(26)25-10-3-2-4-11-25/h8-9,12-13H,2-7,10-11H2,1H3,(H,22,27). The molecule has 1 N–H and O–H groups in total. The summed E-state index contributed by atoms with van der Waals surface area (Å²) in [5.41, 5.74) is 2.03. The monoisotopic (exact) mass is 380 g/mol. The second kappa shape index (κ2) is 7.96. The number of nitrogens with one attached hydrogen (secondary N) is 1. The number of aryl methyl sites for hydroxylation is 2. The molecule has 1 aromatic carbocycles. The highest BCUT2D eigenvalue weighted by Crippen LogP contribution is 2.19. The third kappa shape index (κ3) is 3.98. The third-order valence-corrected chi connectivity index (χ3v) is 5.20. The van der Waals surface area contributed by atoms with E-state index in [2.05, 4.69) is 15.1 Å². The van der Waals surface area contributed by atoms with Gasteiger partial charge in [-0.15, -0.1) is 0 Å². The number of rotatable bonds is 5. The molecule has 146 valence electrons. The number of H-pyrrole nitrogens is 1. The van der Waals surface area contributed by atoms with Crippen LogP contribution in [0.25, 0.3) is 22.3 Å². The van der Waals surface area contributed by atoms with Gasteiger partial charge in [0, 0.05) is 31.4 Å². The van der Waals surface area contributed by atoms with Crippen LogP contribution < -0.4 is 5.56 Å². The van der Waals surface area contributed by atoms with E-state index in [1.165, 1.54) is 6.42 Å². The van der Waals surface area contributed by atoms with Crippen LogP contribution in [-0.2, 0) is 11.2 Å². The van der Waals surface area contributed by atoms with E-state index < -0.39 is 0 Å². The quantitative estimate of drug-likeness (QED) is 0.734. The molecule has 3 heterocycles. The number of piperidine rings is 1. The van der Waals surface area contributed by atoms with Gasteiger partial charge in [-0.1, -0.05) is 16.8 Å². The fourth-order valence-corrected chi connectivity index (χ4v) is 3.65. The molecular formula is C21H24N4O3. The average molecular weight is 380 g/mol. The van der Waals surface area contributed by atoms with E-state index >= 15 is 0 Å². The van der Waals surface area contributed by atoms with Crippen molar-refractivity contribution in [1.82, 2.24) is 20.0 Å². The number of nitrogens with zero attached hydrogens (tertiary/aromatic N) is 3. The van der Waals surface area contributed by atoms with Gasteiger partial charge in [-0.3, -0.25) is 9.59 Å². The molecule has 1 amide bonds. The molecule has 0 spiro atoms. The summed E-state index contributed by atoms with van der Waals surface area (Å²) in [7, 11) is 0. The second-order valence-electron chi connectivity index (χ2n) is 7.41. The zero-order valence-electron chi connectivity index (χ0n) is 16.0. The normalized spacial score (nSPS) is 14.5. The van der Waals surface area contributed by atoms with Gasteiger partial charge >= 0.3 is 0 Å². The topological polar surface area (TPSA) is 92.1 Å². The highest BCUT2D eigenvalue weighted by atomic mass is 16.5. The smallest absolute Gasteiger partial charge is 0.259 e. The predicted molar refractivity (Wildman–Crippen MR) is 106 cm³/mol. The van der Waals surface area contributed by atoms with Crippen LogP contribution in [0.4, 0.5) is 0 Å². The van der Waals surface area contributed by atoms with Crippen molar-refractivity contribution in [2.75, 3.05) is 13.1 Å². The molecule has 1 aliphatic rings. The van der Waals surface area contributed by atoms with Crippen LogP contribution in [-0.4, -0.2) is 39.0 Å². The molecule has 0 atom stereocenters. The van der Waals surface area contributed by atoms with E-state index in [1.807, 2.05) is 30.0 Å². The summed E-state index contributed by atoms with van der Waals surface area (Å²) < 4.78 is 5.30. The minimum atomic E-state index is -0.246. The summed E-state index contributed by atoms with van der Waals surface area (Å²) in [6, 6.07) is 7.63. The van der Waals surface area contributed by atoms with E-state index in [-0.39, 0.29) is 17.3 Å². The lowest BCUT2D eigenvalue weighted by Crippen LogP contribution is -2.35. The summed E-state index contributed by atoms with van der Waals surface area (Å²) in [5.74, 6) is 0.924. The minimum absolute atomic E-state index is 0.195. The van der Waals surface area contributed by atoms with Gasteiger partial charge in [-0.05, 0) is 56.2 Å². The molecule has 0 aliphatic carbocycles. The van der Waals surface area contributed by atoms with E-state index in [0.717, 1.165) is 42.4 Å². The zero-order chi connectivity index (χ0) is 19.5. The van der Waals surface area contributed by atoms with Gasteiger partial charge in [0.2, 0.25) is 17.6 Å². The number of pyridine rings is 1. The van der Waals surface area contributed by atoms with Crippen molar-refractivity contribution in [1.29, 1.82) is 0 Å². The van der Waals surface area contributed by atoms with Crippen molar-refractivity contribution in [3.05, 3.63) is 46.1 Å². The molecule has 0 saturated carbocycles. The number of hydrogen-bond donors (Lipinski definition) is 1. The first kappa shape index (κ1) is 18.4. The number of benzene rings is 1. The molecule has 1 fully saturated rings. The molecule has 7 nitrogen and oxygen atoms in total. The number of amides is 1. The molecule has 28 heavy (non-hydrogen) atoms. The van der Waals surface area contributed by atoms with E-state index in [1.54, 1.807) is 6.07 Å². The summed E-state index contributed by atoms with van der Waals surface area (Å²) in [4.78, 5) is 33.8. The summed E-state index contributed by atoms with van der Waals surface area (Å²) in [6.45, 7) is 3.74. The lowest BCUT2D eigenvalue weighted by atomic mass is 10.1. The predicted octanol–water partition coefficient (Wildman–Crippen LogP) is 3.22. The molecule has 2 aromatic heterocycles. The Labute approximate surface area is 162 Å². The second-order valence-corrected chi connectivity index (χ2v) is 7.41. The Balaban J connectivity index is 1.43. The SMILES string of the molecule is Cc1ccc2[nH]c(=O)c(-c3noc(CCCC(=O)N4CCCCC4)n3)cc2c1.